The highest BCUT2D eigenvalue weighted by Gasteiger charge is 2.12. The van der Waals surface area contributed by atoms with Gasteiger partial charge in [0.2, 0.25) is 0 Å². The number of benzene rings is 1. The van der Waals surface area contributed by atoms with Gasteiger partial charge in [-0.15, -0.1) is 0 Å². The molecule has 0 unspecified atom stereocenters. The molecule has 7 heteroatoms. The van der Waals surface area contributed by atoms with Crippen molar-refractivity contribution in [1.82, 2.24) is 14.3 Å². The number of carbonyl (C=O) groups is 1. The van der Waals surface area contributed by atoms with Crippen LogP contribution in [0.2, 0.25) is 0 Å². The van der Waals surface area contributed by atoms with Crippen molar-refractivity contribution >= 4 is 43.4 Å². The quantitative estimate of drug-likeness (QED) is 0.681. The van der Waals surface area contributed by atoms with Crippen LogP contribution in [0.15, 0.2) is 33.7 Å². The number of thiazole rings is 1. The number of hydrogen-bond acceptors (Lipinski definition) is 3. The molecule has 0 spiro atoms. The van der Waals surface area contributed by atoms with Gasteiger partial charge in [-0.3, -0.25) is 9.48 Å². The van der Waals surface area contributed by atoms with Crippen molar-refractivity contribution in [3.8, 4) is 0 Å². The first-order valence-electron chi connectivity index (χ1n) is 7.46. The largest absolute Gasteiger partial charge is 0.317 e. The standard InChI is InChI=1S/C16H17BrN4OS/c1-4-20-13-7-6-11(17)9-14(13)23-16(20)18-15(22)12-8-10(3)21(5-2)19-12/h6-9H,4-5H2,1-3H3. The van der Waals surface area contributed by atoms with Crippen LogP contribution in [0.3, 0.4) is 0 Å². The monoisotopic (exact) mass is 392 g/mol. The summed E-state index contributed by atoms with van der Waals surface area (Å²) in [6, 6.07) is 7.87. The van der Waals surface area contributed by atoms with Gasteiger partial charge in [0.15, 0.2) is 10.5 Å². The van der Waals surface area contributed by atoms with Gasteiger partial charge in [-0.1, -0.05) is 27.3 Å². The first-order chi connectivity index (χ1) is 11.0. The second-order valence-electron chi connectivity index (χ2n) is 5.14. The molecule has 3 rings (SSSR count). The molecule has 0 saturated carbocycles. The third-order valence-electron chi connectivity index (χ3n) is 3.66. The lowest BCUT2D eigenvalue weighted by atomic mass is 10.3. The fraction of sp³-hybridized carbons (Fsp3) is 0.312. The Morgan fingerprint density at radius 3 is 2.74 bits per heavy atom. The summed E-state index contributed by atoms with van der Waals surface area (Å²) < 4.78 is 5.97. The Balaban J connectivity index is 2.10. The second-order valence-corrected chi connectivity index (χ2v) is 7.07. The van der Waals surface area contributed by atoms with Crippen molar-refractivity contribution in [2.75, 3.05) is 0 Å². The molecule has 2 aromatic heterocycles. The maximum atomic E-state index is 12.4. The Morgan fingerprint density at radius 1 is 1.30 bits per heavy atom. The van der Waals surface area contributed by atoms with E-state index >= 15 is 0 Å². The maximum absolute atomic E-state index is 12.4. The third kappa shape index (κ3) is 3.03. The predicted octanol–water partition coefficient (Wildman–Crippen LogP) is 3.75. The average molecular weight is 393 g/mol. The summed E-state index contributed by atoms with van der Waals surface area (Å²) in [6.07, 6.45) is 0. The van der Waals surface area contributed by atoms with Crippen LogP contribution < -0.4 is 4.80 Å². The molecule has 3 aromatic rings. The topological polar surface area (TPSA) is 52.2 Å². The molecule has 0 aliphatic heterocycles. The third-order valence-corrected chi connectivity index (χ3v) is 5.19. The number of hydrogen-bond donors (Lipinski definition) is 0. The molecule has 0 saturated heterocycles. The van der Waals surface area contributed by atoms with Gasteiger partial charge in [-0.25, -0.2) is 0 Å². The molecule has 1 aromatic carbocycles. The van der Waals surface area contributed by atoms with Gasteiger partial charge in [0, 0.05) is 23.3 Å². The predicted molar refractivity (Wildman–Crippen MR) is 95.7 cm³/mol. The Labute approximate surface area is 146 Å². The molecule has 2 heterocycles. The number of carbonyl (C=O) groups excluding carboxylic acids is 1. The number of aryl methyl sites for hydroxylation is 3. The summed E-state index contributed by atoms with van der Waals surface area (Å²) in [5, 5.41) is 4.31. The SMILES string of the molecule is CCn1nc(C(=O)N=c2sc3cc(Br)ccc3n2CC)cc1C. The van der Waals surface area contributed by atoms with Crippen LogP contribution in [0.1, 0.15) is 30.0 Å². The number of halogens is 1. The molecule has 0 atom stereocenters. The molecule has 0 fully saturated rings. The van der Waals surface area contributed by atoms with E-state index in [0.717, 1.165) is 33.5 Å². The number of amides is 1. The Bertz CT molecular complexity index is 951. The number of fused-ring (bicyclic) bond motifs is 1. The molecule has 120 valence electrons. The van der Waals surface area contributed by atoms with Crippen molar-refractivity contribution in [2.24, 2.45) is 4.99 Å². The summed E-state index contributed by atoms with van der Waals surface area (Å²) in [5.41, 5.74) is 2.45. The van der Waals surface area contributed by atoms with Crippen LogP contribution in [0.25, 0.3) is 10.2 Å². The lowest BCUT2D eigenvalue weighted by Gasteiger charge is -1.99. The average Bonchev–Trinajstić information content (AvgIpc) is 3.06. The number of nitrogens with zero attached hydrogens (tertiary/aromatic N) is 4. The van der Waals surface area contributed by atoms with Gasteiger partial charge in [-0.05, 0) is 45.0 Å². The molecule has 5 nitrogen and oxygen atoms in total. The van der Waals surface area contributed by atoms with Crippen LogP contribution in [0, 0.1) is 6.92 Å². The normalized spacial score (nSPS) is 12.3. The van der Waals surface area contributed by atoms with E-state index in [1.165, 1.54) is 11.3 Å². The summed E-state index contributed by atoms with van der Waals surface area (Å²) in [7, 11) is 0. The molecule has 23 heavy (non-hydrogen) atoms. The van der Waals surface area contributed by atoms with E-state index in [2.05, 4.69) is 26.0 Å². The van der Waals surface area contributed by atoms with Gasteiger partial charge in [0.05, 0.1) is 10.2 Å². The molecular formula is C16H17BrN4OS. The molecule has 1 amide bonds. The van der Waals surface area contributed by atoms with Crippen LogP contribution in [0.4, 0.5) is 0 Å². The van der Waals surface area contributed by atoms with E-state index in [-0.39, 0.29) is 5.91 Å². The van der Waals surface area contributed by atoms with E-state index in [1.807, 2.05) is 43.5 Å². The Hall–Kier alpha value is -1.73. The van der Waals surface area contributed by atoms with Crippen molar-refractivity contribution in [2.45, 2.75) is 33.9 Å². The molecule has 0 N–H and O–H groups in total. The number of aromatic nitrogens is 3. The summed E-state index contributed by atoms with van der Waals surface area (Å²) in [5.74, 6) is -0.298. The Kier molecular flexibility index (Phi) is 4.50. The zero-order valence-electron chi connectivity index (χ0n) is 13.2. The minimum absolute atomic E-state index is 0.298. The van der Waals surface area contributed by atoms with Crippen molar-refractivity contribution < 1.29 is 4.79 Å². The minimum Gasteiger partial charge on any atom is -0.317 e. The van der Waals surface area contributed by atoms with Gasteiger partial charge >= 0.3 is 0 Å². The molecule has 0 bridgehead atoms. The molecule has 0 aliphatic rings. The molecule has 0 aliphatic carbocycles. The summed E-state index contributed by atoms with van der Waals surface area (Å²) >= 11 is 4.99. The lowest BCUT2D eigenvalue weighted by Crippen LogP contribution is -2.16. The Morgan fingerprint density at radius 2 is 2.09 bits per heavy atom. The van der Waals surface area contributed by atoms with E-state index < -0.39 is 0 Å². The van der Waals surface area contributed by atoms with Crippen molar-refractivity contribution in [1.29, 1.82) is 0 Å². The van der Waals surface area contributed by atoms with E-state index in [9.17, 15) is 4.79 Å². The van der Waals surface area contributed by atoms with Crippen LogP contribution in [-0.4, -0.2) is 20.3 Å². The van der Waals surface area contributed by atoms with Gasteiger partial charge in [0.1, 0.15) is 0 Å². The second kappa shape index (κ2) is 6.41. The smallest absolute Gasteiger partial charge is 0.300 e. The zero-order valence-corrected chi connectivity index (χ0v) is 15.6. The summed E-state index contributed by atoms with van der Waals surface area (Å²) in [4.78, 5) is 17.5. The molecular weight excluding hydrogens is 376 g/mol. The number of rotatable bonds is 3. The van der Waals surface area contributed by atoms with Gasteiger partial charge in [0.25, 0.3) is 5.91 Å². The zero-order chi connectivity index (χ0) is 16.6. The van der Waals surface area contributed by atoms with E-state index in [4.69, 9.17) is 0 Å². The first kappa shape index (κ1) is 16.1. The fourth-order valence-electron chi connectivity index (χ4n) is 2.52. The van der Waals surface area contributed by atoms with E-state index in [1.54, 1.807) is 10.7 Å². The molecule has 0 radical (unpaired) electrons. The highest BCUT2D eigenvalue weighted by Crippen LogP contribution is 2.22. The first-order valence-corrected chi connectivity index (χ1v) is 9.06. The van der Waals surface area contributed by atoms with Crippen molar-refractivity contribution in [3.05, 3.63) is 44.9 Å². The minimum atomic E-state index is -0.298. The van der Waals surface area contributed by atoms with Crippen LogP contribution in [0.5, 0.6) is 0 Å². The fourth-order valence-corrected chi connectivity index (χ4v) is 4.16. The highest BCUT2D eigenvalue weighted by molar-refractivity contribution is 9.10. The van der Waals surface area contributed by atoms with E-state index in [0.29, 0.717) is 10.5 Å². The van der Waals surface area contributed by atoms with Crippen LogP contribution >= 0.6 is 27.3 Å². The lowest BCUT2D eigenvalue weighted by molar-refractivity contribution is 0.0992. The van der Waals surface area contributed by atoms with Crippen molar-refractivity contribution in [3.63, 3.8) is 0 Å². The maximum Gasteiger partial charge on any atom is 0.300 e. The van der Waals surface area contributed by atoms with Gasteiger partial charge < -0.3 is 4.57 Å². The van der Waals surface area contributed by atoms with Crippen LogP contribution in [-0.2, 0) is 13.1 Å². The summed E-state index contributed by atoms with van der Waals surface area (Å²) in [6.45, 7) is 7.49. The van der Waals surface area contributed by atoms with Gasteiger partial charge in [-0.2, -0.15) is 10.1 Å². The highest BCUT2D eigenvalue weighted by atomic mass is 79.9.